The van der Waals surface area contributed by atoms with E-state index in [0.29, 0.717) is 18.6 Å². The zero-order valence-corrected chi connectivity index (χ0v) is 12.7. The van der Waals surface area contributed by atoms with E-state index in [1.54, 1.807) is 14.0 Å². The molecule has 0 saturated heterocycles. The van der Waals surface area contributed by atoms with Crippen LogP contribution in [0.5, 0.6) is 0 Å². The number of carbonyl (C=O) groups is 1. The van der Waals surface area contributed by atoms with E-state index in [2.05, 4.69) is 6.58 Å². The lowest BCUT2D eigenvalue weighted by atomic mass is 10.3. The van der Waals surface area contributed by atoms with Crippen LogP contribution < -0.4 is 0 Å². The van der Waals surface area contributed by atoms with Gasteiger partial charge in [0.15, 0.2) is 0 Å². The lowest BCUT2D eigenvalue weighted by Gasteiger charge is -2.22. The summed E-state index contributed by atoms with van der Waals surface area (Å²) < 4.78 is 21.2. The number of ether oxygens (including phenoxy) is 2. The molecule has 0 fully saturated rings. The Labute approximate surface area is 111 Å². The fourth-order valence-electron chi connectivity index (χ4n) is 1.18. The summed E-state index contributed by atoms with van der Waals surface area (Å²) in [6.45, 7) is 9.80. The lowest BCUT2D eigenvalue weighted by Crippen LogP contribution is -2.40. The van der Waals surface area contributed by atoms with Gasteiger partial charge in [0.25, 0.3) is 0 Å². The van der Waals surface area contributed by atoms with Crippen LogP contribution in [0.25, 0.3) is 0 Å². The second-order valence-electron chi connectivity index (χ2n) is 3.74. The minimum Gasteiger partial charge on any atom is -0.457 e. The Balaban J connectivity index is 4.41. The van der Waals surface area contributed by atoms with Crippen molar-refractivity contribution in [3.05, 3.63) is 12.2 Å². The van der Waals surface area contributed by atoms with E-state index >= 15 is 0 Å². The molecular weight excluding hydrogens is 252 g/mol. The van der Waals surface area contributed by atoms with E-state index in [0.717, 1.165) is 6.42 Å². The summed E-state index contributed by atoms with van der Waals surface area (Å²) in [6, 6.07) is 0. The summed E-state index contributed by atoms with van der Waals surface area (Å²) in [5, 5.41) is 0. The molecule has 5 nitrogen and oxygen atoms in total. The number of hydrogen-bond acceptors (Lipinski definition) is 5. The van der Waals surface area contributed by atoms with Crippen LogP contribution in [0.3, 0.4) is 0 Å². The van der Waals surface area contributed by atoms with Crippen LogP contribution in [-0.4, -0.2) is 41.5 Å². The van der Waals surface area contributed by atoms with Crippen LogP contribution in [0.1, 0.15) is 33.6 Å². The predicted octanol–water partition coefficient (Wildman–Crippen LogP) is 1.96. The zero-order chi connectivity index (χ0) is 14.0. The Morgan fingerprint density at radius 3 is 2.50 bits per heavy atom. The quantitative estimate of drug-likeness (QED) is 0.200. The van der Waals surface area contributed by atoms with Crippen molar-refractivity contribution >= 4 is 15.3 Å². The SMILES string of the molecule is C=C(C)C(=O)OC(CCC)[Si](OC)OCOCC. The minimum absolute atomic E-state index is 0.156. The van der Waals surface area contributed by atoms with Crippen molar-refractivity contribution in [3.63, 3.8) is 0 Å². The summed E-state index contributed by atoms with van der Waals surface area (Å²) in [5.41, 5.74) is 0.0213. The van der Waals surface area contributed by atoms with E-state index in [1.807, 2.05) is 13.8 Å². The maximum absolute atomic E-state index is 11.5. The number of carbonyl (C=O) groups excluding carboxylic acids is 1. The van der Waals surface area contributed by atoms with Crippen LogP contribution in [0, 0.1) is 0 Å². The van der Waals surface area contributed by atoms with Crippen molar-refractivity contribution in [2.45, 2.75) is 39.3 Å². The van der Waals surface area contributed by atoms with Gasteiger partial charge in [0, 0.05) is 19.3 Å². The first-order valence-corrected chi connectivity index (χ1v) is 7.44. The van der Waals surface area contributed by atoms with Crippen LogP contribution >= 0.6 is 0 Å². The van der Waals surface area contributed by atoms with Crippen molar-refractivity contribution in [1.82, 2.24) is 0 Å². The molecule has 18 heavy (non-hydrogen) atoms. The molecule has 0 rings (SSSR count). The highest BCUT2D eigenvalue weighted by Gasteiger charge is 2.31. The molecule has 0 amide bonds. The Kier molecular flexibility index (Phi) is 9.86. The molecule has 1 atom stereocenters. The van der Waals surface area contributed by atoms with E-state index in [4.69, 9.17) is 18.3 Å². The Hall–Kier alpha value is -0.693. The maximum atomic E-state index is 11.5. The summed E-state index contributed by atoms with van der Waals surface area (Å²) in [7, 11) is -0.142. The molecule has 0 N–H and O–H groups in total. The van der Waals surface area contributed by atoms with Gasteiger partial charge in [-0.25, -0.2) is 4.79 Å². The second-order valence-corrected chi connectivity index (χ2v) is 5.72. The van der Waals surface area contributed by atoms with Crippen molar-refractivity contribution in [3.8, 4) is 0 Å². The van der Waals surface area contributed by atoms with Crippen LogP contribution in [-0.2, 0) is 23.1 Å². The topological polar surface area (TPSA) is 54.0 Å². The highest BCUT2D eigenvalue weighted by Crippen LogP contribution is 2.11. The minimum atomic E-state index is -1.69. The summed E-state index contributed by atoms with van der Waals surface area (Å²) in [4.78, 5) is 11.5. The van der Waals surface area contributed by atoms with E-state index in [-0.39, 0.29) is 12.5 Å². The van der Waals surface area contributed by atoms with Crippen molar-refractivity contribution in [2.75, 3.05) is 20.5 Å². The molecule has 0 aliphatic rings. The van der Waals surface area contributed by atoms with Gasteiger partial charge in [0.1, 0.15) is 12.5 Å². The van der Waals surface area contributed by atoms with Gasteiger partial charge in [-0.1, -0.05) is 19.9 Å². The Morgan fingerprint density at radius 2 is 2.06 bits per heavy atom. The van der Waals surface area contributed by atoms with E-state index < -0.39 is 15.3 Å². The normalized spacial score (nSPS) is 12.5. The number of rotatable bonds is 10. The van der Waals surface area contributed by atoms with Crippen LogP contribution in [0.2, 0.25) is 0 Å². The van der Waals surface area contributed by atoms with Gasteiger partial charge in [0.05, 0.1) is 0 Å². The van der Waals surface area contributed by atoms with Crippen molar-refractivity contribution in [2.24, 2.45) is 0 Å². The van der Waals surface area contributed by atoms with Gasteiger partial charge in [-0.2, -0.15) is 0 Å². The van der Waals surface area contributed by atoms with Crippen molar-refractivity contribution in [1.29, 1.82) is 0 Å². The maximum Gasteiger partial charge on any atom is 0.431 e. The van der Waals surface area contributed by atoms with Gasteiger partial charge in [-0.3, -0.25) is 0 Å². The molecule has 105 valence electrons. The Bertz CT molecular complexity index is 257. The molecule has 0 aromatic heterocycles. The number of esters is 1. The number of hydrogen-bond donors (Lipinski definition) is 0. The van der Waals surface area contributed by atoms with Gasteiger partial charge in [-0.15, -0.1) is 0 Å². The van der Waals surface area contributed by atoms with E-state index in [9.17, 15) is 4.79 Å². The molecule has 0 aromatic carbocycles. The molecule has 0 saturated carbocycles. The van der Waals surface area contributed by atoms with Gasteiger partial charge in [0.2, 0.25) is 0 Å². The average molecular weight is 275 g/mol. The zero-order valence-electron chi connectivity index (χ0n) is 11.7. The molecule has 0 aliphatic heterocycles. The van der Waals surface area contributed by atoms with Gasteiger partial charge in [-0.05, 0) is 20.3 Å². The molecule has 0 aliphatic carbocycles. The monoisotopic (exact) mass is 275 g/mol. The first kappa shape index (κ1) is 17.3. The first-order valence-electron chi connectivity index (χ1n) is 6.04. The smallest absolute Gasteiger partial charge is 0.431 e. The highest BCUT2D eigenvalue weighted by atomic mass is 28.3. The highest BCUT2D eigenvalue weighted by molar-refractivity contribution is 6.46. The summed E-state index contributed by atoms with van der Waals surface area (Å²) in [5.74, 6) is -0.409. The molecule has 0 spiro atoms. The molecule has 0 bridgehead atoms. The molecular formula is C12H23O5Si. The van der Waals surface area contributed by atoms with Crippen molar-refractivity contribution < 1.29 is 23.1 Å². The summed E-state index contributed by atoms with van der Waals surface area (Å²) in [6.07, 6.45) is 1.58. The van der Waals surface area contributed by atoms with Gasteiger partial charge >= 0.3 is 15.3 Å². The fourth-order valence-corrected chi connectivity index (χ4v) is 2.68. The van der Waals surface area contributed by atoms with E-state index in [1.165, 1.54) is 0 Å². The first-order chi connectivity index (χ1) is 8.56. The van der Waals surface area contributed by atoms with Crippen LogP contribution in [0.15, 0.2) is 12.2 Å². The fraction of sp³-hybridized carbons (Fsp3) is 0.750. The largest absolute Gasteiger partial charge is 0.457 e. The molecule has 0 aromatic rings. The van der Waals surface area contributed by atoms with Crippen LogP contribution in [0.4, 0.5) is 0 Å². The third-order valence-electron chi connectivity index (χ3n) is 2.10. The third kappa shape index (κ3) is 6.90. The molecule has 1 radical (unpaired) electrons. The molecule has 6 heteroatoms. The molecule has 0 heterocycles. The second kappa shape index (κ2) is 10.2. The molecule has 1 unspecified atom stereocenters. The standard InChI is InChI=1S/C12H23O5Si/c1-6-8-11(17-12(13)10(3)4)18(14-5)16-9-15-7-2/h11H,3,6-9H2,1-2,4-5H3. The third-order valence-corrected chi connectivity index (χ3v) is 3.84. The predicted molar refractivity (Wildman–Crippen MR) is 69.9 cm³/mol. The summed E-state index contributed by atoms with van der Waals surface area (Å²) >= 11 is 0. The van der Waals surface area contributed by atoms with Gasteiger partial charge < -0.3 is 18.3 Å². The Morgan fingerprint density at radius 1 is 1.39 bits per heavy atom. The lowest BCUT2D eigenvalue weighted by molar-refractivity contribution is -0.142. The average Bonchev–Trinajstić information content (AvgIpc) is 2.34.